The van der Waals surface area contributed by atoms with Crippen molar-refractivity contribution in [1.82, 2.24) is 20.5 Å². The molecule has 212 valence electrons. The number of ketones is 1. The highest BCUT2D eigenvalue weighted by molar-refractivity contribution is 6.32. The largest absolute Gasteiger partial charge is 0.415 e. The van der Waals surface area contributed by atoms with Crippen molar-refractivity contribution in [3.05, 3.63) is 94.0 Å². The number of nitriles is 1. The number of aromatic nitrogens is 1. The average molecular weight is 576 g/mol. The zero-order valence-electron chi connectivity index (χ0n) is 22.9. The van der Waals surface area contributed by atoms with E-state index in [1.54, 1.807) is 25.4 Å². The lowest BCUT2D eigenvalue weighted by Crippen LogP contribution is -2.50. The number of carbonyl (C=O) groups is 2. The number of amides is 1. The molecule has 0 saturated carbocycles. The Morgan fingerprint density at radius 1 is 1.22 bits per heavy atom. The molecular formula is C31H31ClFN5O3. The summed E-state index contributed by atoms with van der Waals surface area (Å²) in [4.78, 5) is 33.3. The molecule has 2 fully saturated rings. The zero-order chi connectivity index (χ0) is 29.1. The van der Waals surface area contributed by atoms with E-state index < -0.39 is 23.4 Å². The molecule has 3 heterocycles. The summed E-state index contributed by atoms with van der Waals surface area (Å²) >= 11 is 6.49. The Bertz CT molecular complexity index is 1480. The van der Waals surface area contributed by atoms with Crippen LogP contribution in [-0.2, 0) is 5.41 Å². The number of pyridine rings is 1. The van der Waals surface area contributed by atoms with Crippen LogP contribution in [0.4, 0.5) is 9.18 Å². The molecule has 0 radical (unpaired) electrons. The molecule has 41 heavy (non-hydrogen) atoms. The Morgan fingerprint density at radius 3 is 2.71 bits per heavy atom. The summed E-state index contributed by atoms with van der Waals surface area (Å²) < 4.78 is 18.8. The third-order valence-corrected chi connectivity index (χ3v) is 8.58. The van der Waals surface area contributed by atoms with Gasteiger partial charge in [-0.05, 0) is 73.5 Å². The monoisotopic (exact) mass is 575 g/mol. The molecule has 1 amide bonds. The van der Waals surface area contributed by atoms with Crippen LogP contribution in [0.1, 0.15) is 53.0 Å². The molecule has 2 aromatic carbocycles. The Labute approximate surface area is 243 Å². The molecule has 2 saturated heterocycles. The molecule has 3 aromatic rings. The fraction of sp³-hybridized carbons (Fsp3) is 0.355. The molecule has 2 aliphatic heterocycles. The molecule has 0 bridgehead atoms. The summed E-state index contributed by atoms with van der Waals surface area (Å²) in [5.41, 5.74) is 1.52. The maximum atomic E-state index is 14.2. The summed E-state index contributed by atoms with van der Waals surface area (Å²) in [5.74, 6) is -0.529. The lowest BCUT2D eigenvalue weighted by molar-refractivity contribution is 0.0873. The lowest BCUT2D eigenvalue weighted by atomic mass is 9.72. The number of rotatable bonds is 6. The standard InChI is InChI=1S/C31H31ClFN5O3/c1-31(18-35-17-28(31)38(2)30(40)41-22-8-6-21(33)7-9-22)24-13-20(16-34)25(32)15-23(24)29(39)19-10-12-37-27(14-19)26-5-3-4-11-36-26/h3-9,11,13,15,19,27-28,35,37H,10,12,14,17-18H2,1-2H3/t19?,27?,28-,31+/m1/s1. The lowest BCUT2D eigenvalue weighted by Gasteiger charge is -2.38. The minimum absolute atomic E-state index is 0.0442. The van der Waals surface area contributed by atoms with Gasteiger partial charge in [-0.2, -0.15) is 5.26 Å². The fourth-order valence-corrected chi connectivity index (χ4v) is 6.18. The summed E-state index contributed by atoms with van der Waals surface area (Å²) in [6, 6.07) is 15.9. The third-order valence-electron chi connectivity index (χ3n) is 8.27. The van der Waals surface area contributed by atoms with Crippen molar-refractivity contribution in [2.75, 3.05) is 26.7 Å². The van der Waals surface area contributed by atoms with Crippen molar-refractivity contribution in [1.29, 1.82) is 5.26 Å². The van der Waals surface area contributed by atoms with E-state index in [1.807, 2.05) is 25.1 Å². The van der Waals surface area contributed by atoms with Crippen LogP contribution in [0.25, 0.3) is 0 Å². The van der Waals surface area contributed by atoms with E-state index in [4.69, 9.17) is 16.3 Å². The van der Waals surface area contributed by atoms with Crippen LogP contribution in [0, 0.1) is 23.1 Å². The van der Waals surface area contributed by atoms with Crippen LogP contribution >= 0.6 is 11.6 Å². The third kappa shape index (κ3) is 5.82. The first-order chi connectivity index (χ1) is 19.7. The van der Waals surface area contributed by atoms with Gasteiger partial charge >= 0.3 is 6.09 Å². The van der Waals surface area contributed by atoms with Gasteiger partial charge in [0.15, 0.2) is 5.78 Å². The first kappa shape index (κ1) is 28.7. The Hall–Kier alpha value is -3.84. The number of carbonyl (C=O) groups excluding carboxylic acids is 2. The number of hydrogen-bond donors (Lipinski definition) is 2. The van der Waals surface area contributed by atoms with E-state index in [-0.39, 0.29) is 34.1 Å². The Morgan fingerprint density at radius 2 is 2.00 bits per heavy atom. The maximum Gasteiger partial charge on any atom is 0.415 e. The van der Waals surface area contributed by atoms with Gasteiger partial charge in [0.25, 0.3) is 0 Å². The number of hydrogen-bond acceptors (Lipinski definition) is 7. The molecule has 8 nitrogen and oxygen atoms in total. The SMILES string of the molecule is CN(C(=O)Oc1ccc(F)cc1)[C@@H]1CNC[C@@]1(C)c1cc(C#N)c(Cl)cc1C(=O)C1CCNC(c2ccccn2)C1. The quantitative estimate of drug-likeness (QED) is 0.397. The second-order valence-electron chi connectivity index (χ2n) is 10.8. The number of halogens is 2. The predicted octanol–water partition coefficient (Wildman–Crippen LogP) is 5.03. The fourth-order valence-electron chi connectivity index (χ4n) is 5.97. The van der Waals surface area contributed by atoms with Crippen molar-refractivity contribution >= 4 is 23.5 Å². The summed E-state index contributed by atoms with van der Waals surface area (Å²) in [5, 5.41) is 16.8. The molecular weight excluding hydrogens is 545 g/mol. The number of Topliss-reactive ketones (excluding diaryl/α,β-unsaturated/α-hetero) is 1. The highest BCUT2D eigenvalue weighted by Gasteiger charge is 2.47. The van der Waals surface area contributed by atoms with Crippen molar-refractivity contribution in [2.45, 2.75) is 37.3 Å². The number of benzene rings is 2. The van der Waals surface area contributed by atoms with Crippen LogP contribution in [0.3, 0.4) is 0 Å². The van der Waals surface area contributed by atoms with Gasteiger partial charge in [0.2, 0.25) is 0 Å². The molecule has 0 aliphatic carbocycles. The van der Waals surface area contributed by atoms with Crippen LogP contribution in [0.15, 0.2) is 60.8 Å². The van der Waals surface area contributed by atoms with E-state index in [2.05, 4.69) is 21.7 Å². The number of nitrogens with one attached hydrogen (secondary N) is 2. The van der Waals surface area contributed by atoms with Crippen LogP contribution < -0.4 is 15.4 Å². The first-order valence-electron chi connectivity index (χ1n) is 13.5. The molecule has 4 atom stereocenters. The van der Waals surface area contributed by atoms with Crippen molar-refractivity contribution in [3.63, 3.8) is 0 Å². The summed E-state index contributed by atoms with van der Waals surface area (Å²) in [6.45, 7) is 3.54. The van der Waals surface area contributed by atoms with Gasteiger partial charge in [-0.15, -0.1) is 0 Å². The molecule has 2 unspecified atom stereocenters. The number of likely N-dealkylation sites (N-methyl/N-ethyl adjacent to an activating group) is 1. The van der Waals surface area contributed by atoms with Gasteiger partial charge in [-0.1, -0.05) is 24.6 Å². The smallest absolute Gasteiger partial charge is 0.410 e. The summed E-state index contributed by atoms with van der Waals surface area (Å²) in [6.07, 6.45) is 2.36. The van der Waals surface area contributed by atoms with Gasteiger partial charge in [0.05, 0.1) is 28.4 Å². The number of piperidine rings is 1. The van der Waals surface area contributed by atoms with Crippen molar-refractivity contribution in [2.24, 2.45) is 5.92 Å². The Balaban J connectivity index is 1.46. The molecule has 1 aromatic heterocycles. The van der Waals surface area contributed by atoms with E-state index >= 15 is 0 Å². The van der Waals surface area contributed by atoms with Gasteiger partial charge in [0.1, 0.15) is 17.6 Å². The molecule has 0 spiro atoms. The predicted molar refractivity (Wildman–Crippen MR) is 152 cm³/mol. The molecule has 5 rings (SSSR count). The number of nitrogens with zero attached hydrogens (tertiary/aromatic N) is 3. The van der Waals surface area contributed by atoms with E-state index in [9.17, 15) is 19.2 Å². The highest BCUT2D eigenvalue weighted by atomic mass is 35.5. The van der Waals surface area contributed by atoms with Crippen LogP contribution in [0.2, 0.25) is 5.02 Å². The van der Waals surface area contributed by atoms with E-state index in [0.29, 0.717) is 43.6 Å². The molecule has 2 aliphatic rings. The first-order valence-corrected chi connectivity index (χ1v) is 13.9. The zero-order valence-corrected chi connectivity index (χ0v) is 23.6. The number of ether oxygens (including phenoxy) is 1. The van der Waals surface area contributed by atoms with Crippen LogP contribution in [-0.4, -0.2) is 54.5 Å². The minimum atomic E-state index is -0.745. The normalized spacial score (nSPS) is 23.9. The second kappa shape index (κ2) is 12.0. The van der Waals surface area contributed by atoms with Crippen molar-refractivity contribution < 1.29 is 18.7 Å². The Kier molecular flexibility index (Phi) is 8.36. The van der Waals surface area contributed by atoms with Gasteiger partial charge in [0, 0.05) is 43.2 Å². The molecule has 2 N–H and O–H groups in total. The van der Waals surface area contributed by atoms with Gasteiger partial charge in [-0.3, -0.25) is 9.78 Å². The highest BCUT2D eigenvalue weighted by Crippen LogP contribution is 2.40. The minimum Gasteiger partial charge on any atom is -0.410 e. The van der Waals surface area contributed by atoms with Crippen molar-refractivity contribution in [3.8, 4) is 11.8 Å². The maximum absolute atomic E-state index is 14.2. The van der Waals surface area contributed by atoms with Gasteiger partial charge < -0.3 is 20.3 Å². The topological polar surface area (TPSA) is 107 Å². The van der Waals surface area contributed by atoms with E-state index in [0.717, 1.165) is 5.69 Å². The molecule has 10 heteroatoms. The second-order valence-corrected chi connectivity index (χ2v) is 11.2. The average Bonchev–Trinajstić information content (AvgIpc) is 3.40. The van der Waals surface area contributed by atoms with E-state index in [1.165, 1.54) is 29.2 Å². The van der Waals surface area contributed by atoms with Crippen LogP contribution in [0.5, 0.6) is 5.75 Å². The summed E-state index contributed by atoms with van der Waals surface area (Å²) in [7, 11) is 1.63. The van der Waals surface area contributed by atoms with Gasteiger partial charge in [-0.25, -0.2) is 9.18 Å².